The van der Waals surface area contributed by atoms with Crippen LogP contribution in [0.3, 0.4) is 0 Å². The quantitative estimate of drug-likeness (QED) is 0.812. The zero-order valence-electron chi connectivity index (χ0n) is 13.6. The normalized spacial score (nSPS) is 26.0. The van der Waals surface area contributed by atoms with Gasteiger partial charge in [-0.25, -0.2) is 0 Å². The molecule has 2 fully saturated rings. The Hall–Kier alpha value is -0.620. The topological polar surface area (TPSA) is 44.4 Å². The summed E-state index contributed by atoms with van der Waals surface area (Å²) >= 11 is 3.45. The van der Waals surface area contributed by atoms with Gasteiger partial charge >= 0.3 is 0 Å². The summed E-state index contributed by atoms with van der Waals surface area (Å²) < 4.78 is 1.03. The Morgan fingerprint density at radius 1 is 1.35 bits per heavy atom. The molecule has 128 valence electrons. The van der Waals surface area contributed by atoms with E-state index in [2.05, 4.69) is 38.5 Å². The summed E-state index contributed by atoms with van der Waals surface area (Å²) in [5.41, 5.74) is 1.97. The maximum atomic E-state index is 12.3. The van der Waals surface area contributed by atoms with Crippen molar-refractivity contribution in [2.45, 2.75) is 50.7 Å². The molecule has 4 nitrogen and oxygen atoms in total. The van der Waals surface area contributed by atoms with Crippen molar-refractivity contribution in [3.63, 3.8) is 0 Å². The third kappa shape index (κ3) is 4.69. The summed E-state index contributed by atoms with van der Waals surface area (Å²) in [6.45, 7) is 2.47. The monoisotopic (exact) mass is 401 g/mol. The zero-order valence-corrected chi connectivity index (χ0v) is 16.0. The van der Waals surface area contributed by atoms with Crippen molar-refractivity contribution in [1.82, 2.24) is 10.2 Å². The molecule has 1 aromatic rings. The Bertz CT molecular complexity index is 557. The Morgan fingerprint density at radius 2 is 2.00 bits per heavy atom. The smallest absolute Gasteiger partial charge is 0.238 e. The molecule has 2 aliphatic rings. The Morgan fingerprint density at radius 3 is 2.61 bits per heavy atom. The predicted molar refractivity (Wildman–Crippen MR) is 100 cm³/mol. The maximum Gasteiger partial charge on any atom is 0.238 e. The van der Waals surface area contributed by atoms with Gasteiger partial charge in [0.05, 0.1) is 6.54 Å². The molecule has 2 bridgehead atoms. The van der Waals surface area contributed by atoms with E-state index in [-0.39, 0.29) is 18.3 Å². The number of amides is 1. The standard InChI is InChI=1S/C17H24BrN3O.ClH/c1-11-7-12(18)3-6-16(11)20-17(22)10-21(2)15-8-13-4-5-14(9-15)19-13;/h3,6-7,13-15,19H,4-5,8-10H2,1-2H3,(H,20,22);1H. The fourth-order valence-corrected chi connectivity index (χ4v) is 4.18. The van der Waals surface area contributed by atoms with Crippen molar-refractivity contribution in [3.8, 4) is 0 Å². The van der Waals surface area contributed by atoms with Crippen LogP contribution in [0.1, 0.15) is 31.2 Å². The second kappa shape index (κ2) is 7.97. The molecule has 3 rings (SSSR count). The van der Waals surface area contributed by atoms with Gasteiger partial charge in [-0.2, -0.15) is 0 Å². The first-order chi connectivity index (χ1) is 10.5. The van der Waals surface area contributed by atoms with Crippen molar-refractivity contribution in [2.75, 3.05) is 18.9 Å². The van der Waals surface area contributed by atoms with Crippen LogP contribution in [0.5, 0.6) is 0 Å². The fourth-order valence-electron chi connectivity index (χ4n) is 3.70. The number of carbonyl (C=O) groups is 1. The van der Waals surface area contributed by atoms with Gasteiger partial charge in [0.25, 0.3) is 0 Å². The van der Waals surface area contributed by atoms with Crippen LogP contribution in [0, 0.1) is 6.92 Å². The number of fused-ring (bicyclic) bond motifs is 2. The number of aryl methyl sites for hydroxylation is 1. The van der Waals surface area contributed by atoms with Crippen molar-refractivity contribution >= 4 is 39.9 Å². The van der Waals surface area contributed by atoms with Crippen LogP contribution < -0.4 is 10.6 Å². The number of halogens is 2. The molecular weight excluding hydrogens is 378 g/mol. The van der Waals surface area contributed by atoms with Crippen LogP contribution in [-0.2, 0) is 4.79 Å². The van der Waals surface area contributed by atoms with E-state index in [1.807, 2.05) is 25.1 Å². The minimum atomic E-state index is 0. The van der Waals surface area contributed by atoms with Crippen LogP contribution in [-0.4, -0.2) is 42.5 Å². The first kappa shape index (κ1) is 18.7. The molecule has 2 heterocycles. The third-order valence-electron chi connectivity index (χ3n) is 4.93. The molecule has 0 aliphatic carbocycles. The summed E-state index contributed by atoms with van der Waals surface area (Å²) in [6.07, 6.45) is 4.91. The van der Waals surface area contributed by atoms with Crippen molar-refractivity contribution in [3.05, 3.63) is 28.2 Å². The van der Waals surface area contributed by atoms with Crippen LogP contribution in [0.15, 0.2) is 22.7 Å². The van der Waals surface area contributed by atoms with Gasteiger partial charge in [-0.1, -0.05) is 15.9 Å². The molecule has 1 amide bonds. The van der Waals surface area contributed by atoms with Gasteiger partial charge in [0.1, 0.15) is 0 Å². The number of piperidine rings is 1. The lowest BCUT2D eigenvalue weighted by molar-refractivity contribution is -0.117. The van der Waals surface area contributed by atoms with E-state index in [1.54, 1.807) is 0 Å². The van der Waals surface area contributed by atoms with Gasteiger partial charge in [0.2, 0.25) is 5.91 Å². The van der Waals surface area contributed by atoms with E-state index in [9.17, 15) is 4.79 Å². The second-order valence-corrected chi connectivity index (χ2v) is 7.60. The summed E-state index contributed by atoms with van der Waals surface area (Å²) in [5, 5.41) is 6.68. The lowest BCUT2D eigenvalue weighted by Gasteiger charge is -2.35. The third-order valence-corrected chi connectivity index (χ3v) is 5.42. The molecule has 0 aromatic heterocycles. The van der Waals surface area contributed by atoms with Crippen molar-refractivity contribution < 1.29 is 4.79 Å². The van der Waals surface area contributed by atoms with Crippen molar-refractivity contribution in [1.29, 1.82) is 0 Å². The second-order valence-electron chi connectivity index (χ2n) is 6.69. The van der Waals surface area contributed by atoms with Crippen molar-refractivity contribution in [2.24, 2.45) is 0 Å². The molecule has 2 aliphatic heterocycles. The van der Waals surface area contributed by atoms with E-state index in [1.165, 1.54) is 12.8 Å². The number of anilines is 1. The Labute approximate surface area is 152 Å². The highest BCUT2D eigenvalue weighted by molar-refractivity contribution is 9.10. The average Bonchev–Trinajstić information content (AvgIpc) is 2.80. The molecule has 2 unspecified atom stereocenters. The summed E-state index contributed by atoms with van der Waals surface area (Å²) in [6, 6.07) is 7.75. The van der Waals surface area contributed by atoms with Crippen LogP contribution >= 0.6 is 28.3 Å². The molecule has 23 heavy (non-hydrogen) atoms. The first-order valence-electron chi connectivity index (χ1n) is 8.03. The van der Waals surface area contributed by atoms with E-state index in [0.717, 1.165) is 28.6 Å². The molecule has 6 heteroatoms. The number of hydrogen-bond donors (Lipinski definition) is 2. The number of likely N-dealkylation sites (N-methyl/N-ethyl adjacent to an activating group) is 1. The average molecular weight is 403 g/mol. The van der Waals surface area contributed by atoms with Crippen LogP contribution in [0.4, 0.5) is 5.69 Å². The fraction of sp³-hybridized carbons (Fsp3) is 0.588. The predicted octanol–water partition coefficient (Wildman–Crippen LogP) is 3.33. The zero-order chi connectivity index (χ0) is 15.7. The number of rotatable bonds is 4. The number of benzene rings is 1. The lowest BCUT2D eigenvalue weighted by Crippen LogP contribution is -2.48. The summed E-state index contributed by atoms with van der Waals surface area (Å²) in [4.78, 5) is 14.5. The largest absolute Gasteiger partial charge is 0.325 e. The number of nitrogens with zero attached hydrogens (tertiary/aromatic N) is 1. The van der Waals surface area contributed by atoms with Gasteiger partial charge in [0, 0.05) is 28.3 Å². The number of nitrogens with one attached hydrogen (secondary N) is 2. The highest BCUT2D eigenvalue weighted by Crippen LogP contribution is 2.29. The van der Waals surface area contributed by atoms with E-state index >= 15 is 0 Å². The van der Waals surface area contributed by atoms with Gasteiger partial charge < -0.3 is 10.6 Å². The number of carbonyl (C=O) groups excluding carboxylic acids is 1. The minimum absolute atomic E-state index is 0. The summed E-state index contributed by atoms with van der Waals surface area (Å²) in [5.74, 6) is 0.0683. The molecule has 2 atom stereocenters. The van der Waals surface area contributed by atoms with Gasteiger partial charge in [0.15, 0.2) is 0 Å². The van der Waals surface area contributed by atoms with Crippen LogP contribution in [0.2, 0.25) is 0 Å². The highest BCUT2D eigenvalue weighted by Gasteiger charge is 2.35. The van der Waals surface area contributed by atoms with Crippen LogP contribution in [0.25, 0.3) is 0 Å². The van der Waals surface area contributed by atoms with Gasteiger partial charge in [-0.05, 0) is 63.4 Å². The van der Waals surface area contributed by atoms with Gasteiger partial charge in [-0.3, -0.25) is 9.69 Å². The molecule has 0 spiro atoms. The molecule has 1 aromatic carbocycles. The van der Waals surface area contributed by atoms with Gasteiger partial charge in [-0.15, -0.1) is 12.4 Å². The SMILES string of the molecule is Cc1cc(Br)ccc1NC(=O)CN(C)C1CC2CCC(C1)N2.Cl. The molecular formula is C17H25BrClN3O. The molecule has 0 saturated carbocycles. The van der Waals surface area contributed by atoms with E-state index in [4.69, 9.17) is 0 Å². The minimum Gasteiger partial charge on any atom is -0.325 e. The Kier molecular flexibility index (Phi) is 6.48. The molecule has 0 radical (unpaired) electrons. The molecule has 2 N–H and O–H groups in total. The maximum absolute atomic E-state index is 12.3. The first-order valence-corrected chi connectivity index (χ1v) is 8.83. The van der Waals surface area contributed by atoms with E-state index in [0.29, 0.717) is 24.7 Å². The molecule has 2 saturated heterocycles. The Balaban J connectivity index is 0.00000192. The van der Waals surface area contributed by atoms with E-state index < -0.39 is 0 Å². The highest BCUT2D eigenvalue weighted by atomic mass is 79.9. The number of hydrogen-bond acceptors (Lipinski definition) is 3. The summed E-state index contributed by atoms with van der Waals surface area (Å²) in [7, 11) is 2.07. The lowest BCUT2D eigenvalue weighted by atomic mass is 9.98.